The highest BCUT2D eigenvalue weighted by Crippen LogP contribution is 1.34. The predicted molar refractivity (Wildman–Crippen MR) is 40.8 cm³/mol. The highest BCUT2D eigenvalue weighted by atomic mass is 35.5. The third-order valence-electron chi connectivity index (χ3n) is 0. The summed E-state index contributed by atoms with van der Waals surface area (Å²) in [7, 11) is 0. The minimum Gasteiger partial charge on any atom is -0.147 e. The SMILES string of the molecule is CCl.Cl.Cl.Cl.Cl. The maximum Gasteiger partial charge on any atom is 0.0108 e. The van der Waals surface area contributed by atoms with Crippen molar-refractivity contribution in [3.8, 4) is 0 Å². The van der Waals surface area contributed by atoms with Crippen molar-refractivity contribution in [2.24, 2.45) is 0 Å². The molecule has 0 aliphatic heterocycles. The third-order valence-corrected chi connectivity index (χ3v) is 0. The van der Waals surface area contributed by atoms with Gasteiger partial charge in [0.2, 0.25) is 0 Å². The van der Waals surface area contributed by atoms with Crippen LogP contribution in [0.2, 0.25) is 0 Å². The van der Waals surface area contributed by atoms with E-state index in [1.54, 1.807) is 0 Å². The topological polar surface area (TPSA) is 0 Å². The summed E-state index contributed by atoms with van der Waals surface area (Å²) >= 11 is 4.64. The molecule has 46 valence electrons. The van der Waals surface area contributed by atoms with Gasteiger partial charge in [0, 0.05) is 6.38 Å². The van der Waals surface area contributed by atoms with Crippen LogP contribution in [0.4, 0.5) is 0 Å². The van der Waals surface area contributed by atoms with Gasteiger partial charge < -0.3 is 0 Å². The van der Waals surface area contributed by atoms with Gasteiger partial charge in [-0.1, -0.05) is 0 Å². The first-order valence-corrected chi connectivity index (χ1v) is 1.13. The summed E-state index contributed by atoms with van der Waals surface area (Å²) in [5, 5.41) is 0. The highest BCUT2D eigenvalue weighted by molar-refractivity contribution is 6.15. The van der Waals surface area contributed by atoms with Gasteiger partial charge in [0.15, 0.2) is 0 Å². The molecule has 0 aliphatic carbocycles. The van der Waals surface area contributed by atoms with Crippen LogP contribution in [0, 0.1) is 0 Å². The Balaban J connectivity index is -0.000000000833. The summed E-state index contributed by atoms with van der Waals surface area (Å²) in [6.45, 7) is 0. The molecule has 0 aromatic carbocycles. The second-order valence-electron chi connectivity index (χ2n) is 0. The molecule has 0 rings (SSSR count). The molecule has 0 N–H and O–H groups in total. The van der Waals surface area contributed by atoms with Gasteiger partial charge in [-0.3, -0.25) is 0 Å². The molecule has 0 unspecified atom stereocenters. The monoisotopic (exact) mass is 194 g/mol. The first-order valence-electron chi connectivity index (χ1n) is 0.378. The van der Waals surface area contributed by atoms with Crippen LogP contribution in [0.25, 0.3) is 0 Å². The van der Waals surface area contributed by atoms with Crippen LogP contribution in [0.1, 0.15) is 0 Å². The molecule has 0 aromatic rings. The summed E-state index contributed by atoms with van der Waals surface area (Å²) < 4.78 is 0. The molecule has 0 spiro atoms. The summed E-state index contributed by atoms with van der Waals surface area (Å²) in [5.74, 6) is 0. The van der Waals surface area contributed by atoms with Crippen molar-refractivity contribution in [2.45, 2.75) is 0 Å². The molecule has 0 aliphatic rings. The third kappa shape index (κ3) is 51.3. The van der Waals surface area contributed by atoms with Crippen molar-refractivity contribution in [2.75, 3.05) is 6.38 Å². The van der Waals surface area contributed by atoms with E-state index in [9.17, 15) is 0 Å². The maximum atomic E-state index is 4.64. The average molecular weight is 196 g/mol. The van der Waals surface area contributed by atoms with Crippen LogP contribution in [0.3, 0.4) is 0 Å². The fourth-order valence-electron chi connectivity index (χ4n) is 0. The number of halogens is 5. The molecule has 0 heterocycles. The second-order valence-corrected chi connectivity index (χ2v) is 0. The Bertz CT molecular complexity index is 3.90. The van der Waals surface area contributed by atoms with Crippen molar-refractivity contribution < 1.29 is 0 Å². The van der Waals surface area contributed by atoms with E-state index in [-0.39, 0.29) is 49.6 Å². The van der Waals surface area contributed by atoms with Gasteiger partial charge in [-0.15, -0.1) is 61.2 Å². The fraction of sp³-hybridized carbons (Fsp3) is 1.00. The molecular formula is CH7Cl5. The summed E-state index contributed by atoms with van der Waals surface area (Å²) in [5.41, 5.74) is 0. The van der Waals surface area contributed by atoms with Gasteiger partial charge in [0.05, 0.1) is 0 Å². The first-order chi connectivity index (χ1) is 1.00. The van der Waals surface area contributed by atoms with Crippen LogP contribution >= 0.6 is 61.2 Å². The van der Waals surface area contributed by atoms with Gasteiger partial charge in [0.25, 0.3) is 0 Å². The normalized spacial score (nSPS) is 1.00. The largest absolute Gasteiger partial charge is 0.147 e. The lowest BCUT2D eigenvalue weighted by Crippen LogP contribution is -0.852. The van der Waals surface area contributed by atoms with Crippen LogP contribution in [-0.4, -0.2) is 6.38 Å². The smallest absolute Gasteiger partial charge is 0.0108 e. The molecule has 0 nitrogen and oxygen atoms in total. The Labute approximate surface area is 67.7 Å². The molecule has 0 atom stereocenters. The van der Waals surface area contributed by atoms with E-state index in [0.717, 1.165) is 0 Å². The average Bonchev–Trinajstić information content (AvgIpc) is 1.00. The molecule has 0 amide bonds. The number of hydrogen-bond acceptors (Lipinski definition) is 0. The zero-order chi connectivity index (χ0) is 2.00. The fourth-order valence-corrected chi connectivity index (χ4v) is 0. The number of rotatable bonds is 0. The Kier molecular flexibility index (Phi) is 784. The maximum absolute atomic E-state index is 4.64. The number of alkyl halides is 1. The van der Waals surface area contributed by atoms with Crippen molar-refractivity contribution in [1.82, 2.24) is 0 Å². The molecule has 0 saturated heterocycles. The Morgan fingerprint density at radius 2 is 0.667 bits per heavy atom. The summed E-state index contributed by atoms with van der Waals surface area (Å²) in [6.07, 6.45) is 1.47. The van der Waals surface area contributed by atoms with Crippen LogP contribution in [0.5, 0.6) is 0 Å². The second kappa shape index (κ2) is 91.1. The lowest BCUT2D eigenvalue weighted by molar-refractivity contribution is 2.46. The van der Waals surface area contributed by atoms with E-state index >= 15 is 0 Å². The van der Waals surface area contributed by atoms with Gasteiger partial charge in [-0.25, -0.2) is 0 Å². The van der Waals surface area contributed by atoms with Gasteiger partial charge >= 0.3 is 0 Å². The van der Waals surface area contributed by atoms with Gasteiger partial charge in [0.1, 0.15) is 0 Å². The van der Waals surface area contributed by atoms with Crippen LogP contribution < -0.4 is 0 Å². The van der Waals surface area contributed by atoms with Gasteiger partial charge in [-0.05, 0) is 0 Å². The van der Waals surface area contributed by atoms with Crippen LogP contribution in [0.15, 0.2) is 0 Å². The molecule has 5 heteroatoms. The van der Waals surface area contributed by atoms with E-state index < -0.39 is 0 Å². The van der Waals surface area contributed by atoms with Crippen molar-refractivity contribution in [3.63, 3.8) is 0 Å². The quantitative estimate of drug-likeness (QED) is 0.522. The van der Waals surface area contributed by atoms with Crippen molar-refractivity contribution in [1.29, 1.82) is 0 Å². The molecular weight excluding hydrogens is 189 g/mol. The molecule has 0 fully saturated rings. The van der Waals surface area contributed by atoms with Crippen LogP contribution in [-0.2, 0) is 0 Å². The Hall–Kier alpha value is 1.45. The van der Waals surface area contributed by atoms with Crippen molar-refractivity contribution >= 4 is 61.2 Å². The summed E-state index contributed by atoms with van der Waals surface area (Å²) in [6, 6.07) is 0. The van der Waals surface area contributed by atoms with E-state index in [4.69, 9.17) is 0 Å². The summed E-state index contributed by atoms with van der Waals surface area (Å²) in [4.78, 5) is 0. The highest BCUT2D eigenvalue weighted by Gasteiger charge is 0.943. The molecule has 6 heavy (non-hydrogen) atoms. The Morgan fingerprint density at radius 1 is 0.667 bits per heavy atom. The molecule has 0 bridgehead atoms. The minimum absolute atomic E-state index is 0. The molecule has 0 saturated carbocycles. The van der Waals surface area contributed by atoms with E-state index in [1.165, 1.54) is 6.38 Å². The molecule has 0 radical (unpaired) electrons. The molecule has 0 aromatic heterocycles. The van der Waals surface area contributed by atoms with Crippen molar-refractivity contribution in [3.05, 3.63) is 0 Å². The van der Waals surface area contributed by atoms with Gasteiger partial charge in [-0.2, -0.15) is 0 Å². The lowest BCUT2D eigenvalue weighted by Gasteiger charge is -1.06. The van der Waals surface area contributed by atoms with E-state index in [2.05, 4.69) is 11.6 Å². The zero-order valence-corrected chi connectivity index (χ0v) is 7.03. The Morgan fingerprint density at radius 3 is 0.667 bits per heavy atom. The standard InChI is InChI=1S/CH3Cl.4ClH/c1-2;;;;/h1H3;4*1H. The van der Waals surface area contributed by atoms with E-state index in [1.807, 2.05) is 0 Å². The zero-order valence-electron chi connectivity index (χ0n) is 3.01. The number of hydrogen-bond donors (Lipinski definition) is 0. The first kappa shape index (κ1) is 51.6. The minimum atomic E-state index is 0. The lowest BCUT2D eigenvalue weighted by atomic mass is 12.0. The predicted octanol–water partition coefficient (Wildman–Crippen LogP) is 2.54. The van der Waals surface area contributed by atoms with E-state index in [0.29, 0.717) is 0 Å².